The molecular weight excluding hydrogens is 267 g/mol. The molecule has 0 saturated carbocycles. The Bertz CT molecular complexity index is 563. The number of halogens is 1. The van der Waals surface area contributed by atoms with Crippen molar-refractivity contribution in [3.8, 4) is 0 Å². The van der Waals surface area contributed by atoms with E-state index in [-0.39, 0.29) is 18.9 Å². The van der Waals surface area contributed by atoms with E-state index in [1.807, 2.05) is 0 Å². The molecule has 4 N–H and O–H groups in total. The molecule has 0 spiro atoms. The summed E-state index contributed by atoms with van der Waals surface area (Å²) in [5.41, 5.74) is 4.18. The van der Waals surface area contributed by atoms with Crippen LogP contribution in [0.5, 0.6) is 0 Å². The molecule has 0 radical (unpaired) electrons. The maximum absolute atomic E-state index is 13.5. The molecular formula is C13H15FN2O4. The van der Waals surface area contributed by atoms with Gasteiger partial charge in [-0.25, -0.2) is 9.18 Å². The lowest BCUT2D eigenvalue weighted by molar-refractivity contribution is -0.125. The van der Waals surface area contributed by atoms with Gasteiger partial charge in [-0.15, -0.1) is 0 Å². The van der Waals surface area contributed by atoms with Gasteiger partial charge in [-0.2, -0.15) is 0 Å². The van der Waals surface area contributed by atoms with Gasteiger partial charge in [0.05, 0.1) is 24.3 Å². The second-order valence-electron chi connectivity index (χ2n) is 4.96. The molecule has 1 aromatic carbocycles. The van der Waals surface area contributed by atoms with Crippen molar-refractivity contribution < 1.29 is 23.8 Å². The Labute approximate surface area is 114 Å². The van der Waals surface area contributed by atoms with Crippen LogP contribution in [0.4, 0.5) is 10.1 Å². The minimum absolute atomic E-state index is 0.0946. The fourth-order valence-electron chi connectivity index (χ4n) is 2.03. The number of aromatic carboxylic acids is 1. The number of ether oxygens (including phenoxy) is 1. The molecule has 0 aromatic heterocycles. The largest absolute Gasteiger partial charge is 0.478 e. The Morgan fingerprint density at radius 2 is 2.25 bits per heavy atom. The third-order valence-electron chi connectivity index (χ3n) is 3.51. The van der Waals surface area contributed by atoms with Crippen LogP contribution < -0.4 is 11.1 Å². The summed E-state index contributed by atoms with van der Waals surface area (Å²) in [6, 6.07) is 3.18. The number of carbonyl (C=O) groups is 2. The average Bonchev–Trinajstić information content (AvgIpc) is 2.70. The predicted octanol–water partition coefficient (Wildman–Crippen LogP) is 0.826. The third-order valence-corrected chi connectivity index (χ3v) is 3.51. The number of rotatable bonds is 3. The summed E-state index contributed by atoms with van der Waals surface area (Å²) in [6.45, 7) is 2.01. The Morgan fingerprint density at radius 3 is 2.80 bits per heavy atom. The zero-order chi connectivity index (χ0) is 14.9. The van der Waals surface area contributed by atoms with Crippen LogP contribution in [-0.4, -0.2) is 36.2 Å². The number of benzene rings is 1. The van der Waals surface area contributed by atoms with Gasteiger partial charge in [0.1, 0.15) is 11.4 Å². The van der Waals surface area contributed by atoms with Gasteiger partial charge < -0.3 is 20.9 Å². The van der Waals surface area contributed by atoms with Crippen LogP contribution in [0.25, 0.3) is 0 Å². The molecule has 6 nitrogen and oxygen atoms in total. The number of amides is 1. The highest BCUT2D eigenvalue weighted by Crippen LogP contribution is 2.29. The van der Waals surface area contributed by atoms with Crippen LogP contribution in [0.15, 0.2) is 18.2 Å². The zero-order valence-corrected chi connectivity index (χ0v) is 10.9. The van der Waals surface area contributed by atoms with E-state index in [1.54, 1.807) is 6.92 Å². The summed E-state index contributed by atoms with van der Waals surface area (Å²) in [5, 5.41) is 11.4. The Hall–Kier alpha value is -1.99. The molecule has 1 fully saturated rings. The molecule has 1 heterocycles. The quantitative estimate of drug-likeness (QED) is 0.762. The van der Waals surface area contributed by atoms with E-state index < -0.39 is 34.7 Å². The van der Waals surface area contributed by atoms with Crippen LogP contribution in [0.2, 0.25) is 0 Å². The van der Waals surface area contributed by atoms with Gasteiger partial charge in [0, 0.05) is 6.04 Å². The van der Waals surface area contributed by atoms with E-state index in [1.165, 1.54) is 12.1 Å². The first-order valence-electron chi connectivity index (χ1n) is 6.03. The number of carboxylic acid groups (broad SMARTS) is 1. The van der Waals surface area contributed by atoms with E-state index in [0.717, 1.165) is 6.07 Å². The molecule has 1 aromatic rings. The van der Waals surface area contributed by atoms with Crippen molar-refractivity contribution in [1.82, 2.24) is 0 Å². The van der Waals surface area contributed by atoms with Crippen molar-refractivity contribution in [3.63, 3.8) is 0 Å². The smallest absolute Gasteiger partial charge is 0.340 e. The lowest BCUT2D eigenvalue weighted by Gasteiger charge is -2.25. The lowest BCUT2D eigenvalue weighted by atomic mass is 9.84. The Balaban J connectivity index is 2.29. The number of nitrogens with one attached hydrogen (secondary N) is 1. The zero-order valence-electron chi connectivity index (χ0n) is 10.9. The van der Waals surface area contributed by atoms with E-state index in [4.69, 9.17) is 15.6 Å². The first-order chi connectivity index (χ1) is 9.36. The number of hydrogen-bond acceptors (Lipinski definition) is 4. The fraction of sp³-hybridized carbons (Fsp3) is 0.385. The number of carbonyl (C=O) groups excluding carboxylic acids is 1. The second kappa shape index (κ2) is 5.18. The summed E-state index contributed by atoms with van der Waals surface area (Å²) >= 11 is 0. The van der Waals surface area contributed by atoms with Gasteiger partial charge in [0.15, 0.2) is 0 Å². The first-order valence-corrected chi connectivity index (χ1v) is 6.03. The summed E-state index contributed by atoms with van der Waals surface area (Å²) < 4.78 is 18.7. The van der Waals surface area contributed by atoms with E-state index >= 15 is 0 Å². The number of hydrogen-bond donors (Lipinski definition) is 3. The van der Waals surface area contributed by atoms with Crippen molar-refractivity contribution in [1.29, 1.82) is 0 Å². The normalized spacial score (nSPS) is 25.4. The Morgan fingerprint density at radius 1 is 1.55 bits per heavy atom. The highest BCUT2D eigenvalue weighted by molar-refractivity contribution is 6.02. The summed E-state index contributed by atoms with van der Waals surface area (Å²) in [7, 11) is 0. The molecule has 108 valence electrons. The Kier molecular flexibility index (Phi) is 3.74. The standard InChI is InChI=1S/C13H15FN2O4/c1-13(6-20-5-9(13)15)12(19)16-8-4-2-3-7(14)10(8)11(17)18/h2-4,9H,5-6,15H2,1H3,(H,16,19)(H,17,18). The van der Waals surface area contributed by atoms with Crippen molar-refractivity contribution in [2.24, 2.45) is 11.1 Å². The topological polar surface area (TPSA) is 102 Å². The molecule has 1 saturated heterocycles. The van der Waals surface area contributed by atoms with Gasteiger partial charge in [-0.1, -0.05) is 6.07 Å². The van der Waals surface area contributed by atoms with Gasteiger partial charge in [0.25, 0.3) is 0 Å². The maximum atomic E-state index is 13.5. The van der Waals surface area contributed by atoms with Crippen molar-refractivity contribution >= 4 is 17.6 Å². The van der Waals surface area contributed by atoms with Gasteiger partial charge >= 0.3 is 5.97 Å². The van der Waals surface area contributed by atoms with Crippen LogP contribution in [0.1, 0.15) is 17.3 Å². The summed E-state index contributed by atoms with van der Waals surface area (Å²) in [5.74, 6) is -2.85. The molecule has 1 aliphatic heterocycles. The monoisotopic (exact) mass is 282 g/mol. The third kappa shape index (κ3) is 2.37. The lowest BCUT2D eigenvalue weighted by Crippen LogP contribution is -2.47. The molecule has 2 rings (SSSR count). The minimum atomic E-state index is -1.45. The first kappa shape index (κ1) is 14.4. The average molecular weight is 282 g/mol. The van der Waals surface area contributed by atoms with E-state index in [9.17, 15) is 14.0 Å². The van der Waals surface area contributed by atoms with Crippen LogP contribution in [-0.2, 0) is 9.53 Å². The van der Waals surface area contributed by atoms with Gasteiger partial charge in [-0.3, -0.25) is 4.79 Å². The molecule has 1 amide bonds. The summed E-state index contributed by atoms with van der Waals surface area (Å²) in [6.07, 6.45) is 0. The second-order valence-corrected chi connectivity index (χ2v) is 4.96. The highest BCUT2D eigenvalue weighted by Gasteiger charge is 2.44. The van der Waals surface area contributed by atoms with Crippen LogP contribution in [0, 0.1) is 11.2 Å². The minimum Gasteiger partial charge on any atom is -0.478 e. The molecule has 0 bridgehead atoms. The molecule has 2 unspecified atom stereocenters. The summed E-state index contributed by atoms with van der Waals surface area (Å²) in [4.78, 5) is 23.3. The van der Waals surface area contributed by atoms with Crippen molar-refractivity contribution in [2.75, 3.05) is 18.5 Å². The van der Waals surface area contributed by atoms with Crippen LogP contribution >= 0.6 is 0 Å². The number of anilines is 1. The molecule has 20 heavy (non-hydrogen) atoms. The molecule has 7 heteroatoms. The van der Waals surface area contributed by atoms with E-state index in [0.29, 0.717) is 0 Å². The molecule has 1 aliphatic rings. The molecule has 0 aliphatic carbocycles. The maximum Gasteiger partial charge on any atom is 0.340 e. The number of carboxylic acids is 1. The fourth-order valence-corrected chi connectivity index (χ4v) is 2.03. The SMILES string of the molecule is CC1(C(=O)Nc2cccc(F)c2C(=O)O)COCC1N. The highest BCUT2D eigenvalue weighted by atomic mass is 19.1. The number of nitrogens with two attached hydrogens (primary N) is 1. The van der Waals surface area contributed by atoms with Crippen molar-refractivity contribution in [2.45, 2.75) is 13.0 Å². The van der Waals surface area contributed by atoms with Gasteiger partial charge in [0.2, 0.25) is 5.91 Å². The van der Waals surface area contributed by atoms with Crippen LogP contribution in [0.3, 0.4) is 0 Å². The molecule has 2 atom stereocenters. The van der Waals surface area contributed by atoms with Gasteiger partial charge in [-0.05, 0) is 19.1 Å². The van der Waals surface area contributed by atoms with E-state index in [2.05, 4.69) is 5.32 Å². The van der Waals surface area contributed by atoms with Crippen molar-refractivity contribution in [3.05, 3.63) is 29.6 Å². The predicted molar refractivity (Wildman–Crippen MR) is 68.9 cm³/mol.